The van der Waals surface area contributed by atoms with Crippen LogP contribution in [0.25, 0.3) is 22.8 Å². The lowest BCUT2D eigenvalue weighted by Gasteiger charge is -2.13. The van der Waals surface area contributed by atoms with E-state index in [1.165, 1.54) is 6.07 Å². The first-order valence-electron chi connectivity index (χ1n) is 8.50. The van der Waals surface area contributed by atoms with Gasteiger partial charge >= 0.3 is 0 Å². The van der Waals surface area contributed by atoms with Crippen LogP contribution in [0.5, 0.6) is 0 Å². The van der Waals surface area contributed by atoms with E-state index >= 15 is 0 Å². The summed E-state index contributed by atoms with van der Waals surface area (Å²) in [5.41, 5.74) is 1.76. The molecule has 4 rings (SSSR count). The van der Waals surface area contributed by atoms with Crippen LogP contribution in [0.4, 0.5) is 11.4 Å². The van der Waals surface area contributed by atoms with E-state index in [0.29, 0.717) is 23.1 Å². The fourth-order valence-corrected chi connectivity index (χ4v) is 3.18. The number of nitro benzene ring substituents is 1. The van der Waals surface area contributed by atoms with Gasteiger partial charge in [-0.2, -0.15) is 4.98 Å². The zero-order chi connectivity index (χ0) is 17.9. The fraction of sp³-hybridized carbons (Fsp3) is 0.278. The Morgan fingerprint density at radius 3 is 2.77 bits per heavy atom. The molecule has 1 aliphatic rings. The van der Waals surface area contributed by atoms with E-state index in [0.717, 1.165) is 31.2 Å². The van der Waals surface area contributed by atoms with Gasteiger partial charge in [0.25, 0.3) is 11.6 Å². The van der Waals surface area contributed by atoms with E-state index in [-0.39, 0.29) is 16.5 Å². The van der Waals surface area contributed by atoms with Crippen LogP contribution >= 0.6 is 0 Å². The second kappa shape index (κ2) is 6.91. The Kier molecular flexibility index (Phi) is 4.30. The summed E-state index contributed by atoms with van der Waals surface area (Å²) in [6, 6.07) is 8.82. The van der Waals surface area contributed by atoms with Crippen LogP contribution in [0.3, 0.4) is 0 Å². The number of hydrogen-bond donors (Lipinski definition) is 1. The number of pyridine rings is 1. The SMILES string of the molecule is O=[N+]([O-])c1cc(-c2nc(-c3cccnc3)no2)ccc1NC1CCCC1. The van der Waals surface area contributed by atoms with Crippen molar-refractivity contribution in [1.29, 1.82) is 0 Å². The molecule has 2 aromatic heterocycles. The molecule has 0 radical (unpaired) electrons. The van der Waals surface area contributed by atoms with Gasteiger partial charge in [-0.3, -0.25) is 15.1 Å². The summed E-state index contributed by atoms with van der Waals surface area (Å²) in [4.78, 5) is 19.5. The van der Waals surface area contributed by atoms with Crippen molar-refractivity contribution >= 4 is 11.4 Å². The third-order valence-corrected chi connectivity index (χ3v) is 4.50. The lowest BCUT2D eigenvalue weighted by Crippen LogP contribution is -2.15. The van der Waals surface area contributed by atoms with E-state index in [1.807, 2.05) is 6.07 Å². The Morgan fingerprint density at radius 2 is 2.04 bits per heavy atom. The number of anilines is 1. The van der Waals surface area contributed by atoms with E-state index in [1.54, 1.807) is 30.6 Å². The first kappa shape index (κ1) is 16.2. The van der Waals surface area contributed by atoms with Crippen molar-refractivity contribution in [3.05, 3.63) is 52.8 Å². The van der Waals surface area contributed by atoms with Gasteiger partial charge in [0.15, 0.2) is 0 Å². The van der Waals surface area contributed by atoms with Crippen molar-refractivity contribution in [2.45, 2.75) is 31.7 Å². The van der Waals surface area contributed by atoms with Gasteiger partial charge in [0.2, 0.25) is 5.82 Å². The molecule has 0 unspecified atom stereocenters. The molecule has 1 saturated carbocycles. The van der Waals surface area contributed by atoms with E-state index in [9.17, 15) is 10.1 Å². The Labute approximate surface area is 149 Å². The highest BCUT2D eigenvalue weighted by Gasteiger charge is 2.22. The molecule has 0 amide bonds. The molecule has 1 N–H and O–H groups in total. The second-order valence-corrected chi connectivity index (χ2v) is 6.28. The maximum atomic E-state index is 11.5. The zero-order valence-corrected chi connectivity index (χ0v) is 14.0. The lowest BCUT2D eigenvalue weighted by atomic mass is 10.1. The molecule has 0 spiro atoms. The number of hydrogen-bond acceptors (Lipinski definition) is 7. The summed E-state index contributed by atoms with van der Waals surface area (Å²) in [5.74, 6) is 0.628. The minimum absolute atomic E-state index is 0.00975. The highest BCUT2D eigenvalue weighted by Crippen LogP contribution is 2.33. The Hall–Kier alpha value is -3.29. The number of nitrogens with zero attached hydrogens (tertiary/aromatic N) is 4. The number of nitrogens with one attached hydrogen (secondary N) is 1. The molecule has 2 heterocycles. The molecular weight excluding hydrogens is 334 g/mol. The van der Waals surface area contributed by atoms with Gasteiger partial charge in [0, 0.05) is 35.6 Å². The quantitative estimate of drug-likeness (QED) is 0.545. The van der Waals surface area contributed by atoms with E-state index < -0.39 is 0 Å². The maximum absolute atomic E-state index is 11.5. The molecule has 8 heteroatoms. The van der Waals surface area contributed by atoms with Gasteiger partial charge in [-0.25, -0.2) is 0 Å². The van der Waals surface area contributed by atoms with Crippen molar-refractivity contribution < 1.29 is 9.45 Å². The van der Waals surface area contributed by atoms with Crippen LogP contribution < -0.4 is 5.32 Å². The third kappa shape index (κ3) is 3.26. The standard InChI is InChI=1S/C18H17N5O3/c24-23(25)16-10-12(7-8-15(16)20-14-5-1-2-6-14)18-21-17(22-26-18)13-4-3-9-19-11-13/h3-4,7-11,14,20H,1-2,5-6H2. The predicted molar refractivity (Wildman–Crippen MR) is 95.5 cm³/mol. The lowest BCUT2D eigenvalue weighted by molar-refractivity contribution is -0.383. The van der Waals surface area contributed by atoms with Crippen molar-refractivity contribution in [2.24, 2.45) is 0 Å². The highest BCUT2D eigenvalue weighted by atomic mass is 16.6. The predicted octanol–water partition coefficient (Wildman–Crippen LogP) is 4.06. The monoisotopic (exact) mass is 351 g/mol. The summed E-state index contributed by atoms with van der Waals surface area (Å²) in [5, 5.41) is 18.7. The van der Waals surface area contributed by atoms with Crippen molar-refractivity contribution in [2.75, 3.05) is 5.32 Å². The number of rotatable bonds is 5. The van der Waals surface area contributed by atoms with Crippen LogP contribution in [0, 0.1) is 10.1 Å². The Morgan fingerprint density at radius 1 is 1.19 bits per heavy atom. The highest BCUT2D eigenvalue weighted by molar-refractivity contribution is 5.70. The fourth-order valence-electron chi connectivity index (χ4n) is 3.18. The maximum Gasteiger partial charge on any atom is 0.293 e. The second-order valence-electron chi connectivity index (χ2n) is 6.28. The minimum atomic E-state index is -0.390. The molecule has 26 heavy (non-hydrogen) atoms. The molecule has 132 valence electrons. The normalized spacial score (nSPS) is 14.5. The molecule has 0 bridgehead atoms. The van der Waals surface area contributed by atoms with Gasteiger partial charge in [0.05, 0.1) is 4.92 Å². The number of aromatic nitrogens is 3. The average molecular weight is 351 g/mol. The smallest absolute Gasteiger partial charge is 0.293 e. The molecule has 3 aromatic rings. The third-order valence-electron chi connectivity index (χ3n) is 4.50. The summed E-state index contributed by atoms with van der Waals surface area (Å²) < 4.78 is 5.28. The van der Waals surface area contributed by atoms with Gasteiger partial charge < -0.3 is 9.84 Å². The molecular formula is C18H17N5O3. The first-order valence-corrected chi connectivity index (χ1v) is 8.50. The van der Waals surface area contributed by atoms with Crippen LogP contribution in [0.15, 0.2) is 47.2 Å². The Bertz CT molecular complexity index is 920. The zero-order valence-electron chi connectivity index (χ0n) is 14.0. The minimum Gasteiger partial charge on any atom is -0.377 e. The average Bonchev–Trinajstić information content (AvgIpc) is 3.34. The molecule has 0 atom stereocenters. The number of nitro groups is 1. The van der Waals surface area contributed by atoms with Gasteiger partial charge in [-0.05, 0) is 37.1 Å². The van der Waals surface area contributed by atoms with Crippen molar-refractivity contribution in [1.82, 2.24) is 15.1 Å². The van der Waals surface area contributed by atoms with E-state index in [2.05, 4.69) is 20.4 Å². The first-order chi connectivity index (χ1) is 12.7. The summed E-state index contributed by atoms with van der Waals surface area (Å²) in [6.45, 7) is 0. The van der Waals surface area contributed by atoms with Gasteiger partial charge in [-0.1, -0.05) is 18.0 Å². The number of benzene rings is 1. The largest absolute Gasteiger partial charge is 0.377 e. The van der Waals surface area contributed by atoms with Crippen LogP contribution in [-0.4, -0.2) is 26.1 Å². The van der Waals surface area contributed by atoms with E-state index in [4.69, 9.17) is 4.52 Å². The van der Waals surface area contributed by atoms with Crippen molar-refractivity contribution in [3.8, 4) is 22.8 Å². The Balaban J connectivity index is 1.64. The van der Waals surface area contributed by atoms with Gasteiger partial charge in [-0.15, -0.1) is 0 Å². The summed E-state index contributed by atoms with van der Waals surface area (Å²) >= 11 is 0. The molecule has 1 aliphatic carbocycles. The van der Waals surface area contributed by atoms with Crippen molar-refractivity contribution in [3.63, 3.8) is 0 Å². The summed E-state index contributed by atoms with van der Waals surface area (Å²) in [7, 11) is 0. The molecule has 0 saturated heterocycles. The molecule has 0 aliphatic heterocycles. The molecule has 8 nitrogen and oxygen atoms in total. The van der Waals surface area contributed by atoms with Crippen LogP contribution in [0.1, 0.15) is 25.7 Å². The van der Waals surface area contributed by atoms with Crippen LogP contribution in [0.2, 0.25) is 0 Å². The van der Waals surface area contributed by atoms with Gasteiger partial charge in [0.1, 0.15) is 5.69 Å². The summed E-state index contributed by atoms with van der Waals surface area (Å²) in [6.07, 6.45) is 7.68. The topological polar surface area (TPSA) is 107 Å². The molecule has 1 fully saturated rings. The van der Waals surface area contributed by atoms with Crippen LogP contribution in [-0.2, 0) is 0 Å². The molecule has 1 aromatic carbocycles.